The lowest BCUT2D eigenvalue weighted by Gasteiger charge is -2.32. The number of hydrogen-bond acceptors (Lipinski definition) is 6. The van der Waals surface area contributed by atoms with Crippen molar-refractivity contribution >= 4 is 16.9 Å². The van der Waals surface area contributed by atoms with Crippen LogP contribution in [0.3, 0.4) is 0 Å². The van der Waals surface area contributed by atoms with Crippen LogP contribution >= 0.6 is 0 Å². The number of aromatic nitrogens is 2. The van der Waals surface area contributed by atoms with Crippen molar-refractivity contribution in [2.24, 2.45) is 5.92 Å². The third-order valence-corrected chi connectivity index (χ3v) is 6.24. The van der Waals surface area contributed by atoms with Gasteiger partial charge in [0, 0.05) is 24.0 Å². The molecule has 0 spiro atoms. The minimum atomic E-state index is -0.378. The summed E-state index contributed by atoms with van der Waals surface area (Å²) >= 11 is 0. The Morgan fingerprint density at radius 1 is 1.09 bits per heavy atom. The zero-order chi connectivity index (χ0) is 22.8. The Balaban J connectivity index is 1.13. The van der Waals surface area contributed by atoms with Crippen LogP contribution in [-0.2, 0) is 6.54 Å². The van der Waals surface area contributed by atoms with Gasteiger partial charge in [0.15, 0.2) is 5.76 Å². The second-order valence-electron chi connectivity index (χ2n) is 8.52. The van der Waals surface area contributed by atoms with Gasteiger partial charge < -0.3 is 14.2 Å². The van der Waals surface area contributed by atoms with Gasteiger partial charge in [0.2, 0.25) is 0 Å². The summed E-state index contributed by atoms with van der Waals surface area (Å²) in [6, 6.07) is 14.3. The van der Waals surface area contributed by atoms with Crippen molar-refractivity contribution in [2.45, 2.75) is 26.3 Å². The summed E-state index contributed by atoms with van der Waals surface area (Å²) in [5.41, 5.74) is 2.74. The maximum absolute atomic E-state index is 13.1. The number of fused-ring (bicyclic) bond motifs is 1. The van der Waals surface area contributed by atoms with E-state index in [0.29, 0.717) is 18.2 Å². The fourth-order valence-electron chi connectivity index (χ4n) is 4.29. The van der Waals surface area contributed by atoms with Gasteiger partial charge in [-0.2, -0.15) is 0 Å². The number of benzene rings is 2. The van der Waals surface area contributed by atoms with Crippen molar-refractivity contribution in [1.29, 1.82) is 0 Å². The third-order valence-electron chi connectivity index (χ3n) is 6.24. The van der Waals surface area contributed by atoms with Crippen LogP contribution in [0.15, 0.2) is 57.4 Å². The highest BCUT2D eigenvalue weighted by atomic mass is 19.1. The van der Waals surface area contributed by atoms with Crippen LogP contribution in [0.2, 0.25) is 0 Å². The molecule has 7 nitrogen and oxygen atoms in total. The summed E-state index contributed by atoms with van der Waals surface area (Å²) in [5, 5.41) is 11.8. The molecular weight excluding hydrogens is 423 g/mol. The Morgan fingerprint density at radius 3 is 2.61 bits per heavy atom. The number of rotatable bonds is 6. The molecule has 0 bridgehead atoms. The van der Waals surface area contributed by atoms with Gasteiger partial charge >= 0.3 is 11.8 Å². The number of piperidine rings is 1. The van der Waals surface area contributed by atoms with E-state index in [-0.39, 0.29) is 23.5 Å². The van der Waals surface area contributed by atoms with Crippen molar-refractivity contribution < 1.29 is 18.0 Å². The standard InChI is InChI=1S/C25H25FN4O3/c1-16-20-4-2-3-5-21(20)32-22(16)24-28-29-25(33-24)23(31)27-14-17-10-12-30(13-11-17)15-18-6-8-19(26)9-7-18/h2-9,17H,10-15H2,1H3,(H,27,31). The van der Waals surface area contributed by atoms with Crippen LogP contribution in [0.25, 0.3) is 22.6 Å². The predicted molar refractivity (Wildman–Crippen MR) is 121 cm³/mol. The average molecular weight is 448 g/mol. The number of amides is 1. The molecule has 3 heterocycles. The van der Waals surface area contributed by atoms with E-state index < -0.39 is 0 Å². The van der Waals surface area contributed by atoms with Crippen molar-refractivity contribution in [3.05, 3.63) is 71.4 Å². The first-order valence-electron chi connectivity index (χ1n) is 11.1. The van der Waals surface area contributed by atoms with E-state index in [1.807, 2.05) is 43.3 Å². The summed E-state index contributed by atoms with van der Waals surface area (Å²) in [5.74, 6) is 0.404. The number of hydrogen-bond donors (Lipinski definition) is 1. The molecular formula is C25H25FN4O3. The number of nitrogens with zero attached hydrogens (tertiary/aromatic N) is 3. The van der Waals surface area contributed by atoms with Gasteiger partial charge in [0.05, 0.1) is 0 Å². The minimum Gasteiger partial charge on any atom is -0.451 e. The molecule has 0 saturated carbocycles. The molecule has 1 saturated heterocycles. The maximum Gasteiger partial charge on any atom is 0.308 e. The Bertz CT molecular complexity index is 1260. The lowest BCUT2D eigenvalue weighted by molar-refractivity contribution is 0.0901. The van der Waals surface area contributed by atoms with E-state index in [9.17, 15) is 9.18 Å². The van der Waals surface area contributed by atoms with Crippen LogP contribution in [0.4, 0.5) is 4.39 Å². The monoisotopic (exact) mass is 448 g/mol. The fraction of sp³-hybridized carbons (Fsp3) is 0.320. The highest BCUT2D eigenvalue weighted by Gasteiger charge is 2.23. The lowest BCUT2D eigenvalue weighted by atomic mass is 9.96. The number of carbonyl (C=O) groups is 1. The highest BCUT2D eigenvalue weighted by molar-refractivity contribution is 5.90. The molecule has 1 aliphatic heterocycles. The van der Waals surface area contributed by atoms with E-state index in [4.69, 9.17) is 8.83 Å². The van der Waals surface area contributed by atoms with E-state index >= 15 is 0 Å². The number of halogens is 1. The van der Waals surface area contributed by atoms with E-state index in [1.54, 1.807) is 0 Å². The molecule has 170 valence electrons. The van der Waals surface area contributed by atoms with Gasteiger partial charge in [-0.05, 0) is 62.5 Å². The topological polar surface area (TPSA) is 84.4 Å². The van der Waals surface area contributed by atoms with E-state index in [1.165, 1.54) is 12.1 Å². The van der Waals surface area contributed by atoms with E-state index in [0.717, 1.165) is 54.6 Å². The average Bonchev–Trinajstić information content (AvgIpc) is 3.45. The third kappa shape index (κ3) is 4.66. The first-order valence-corrected chi connectivity index (χ1v) is 11.1. The number of likely N-dealkylation sites (tertiary alicyclic amines) is 1. The Morgan fingerprint density at radius 2 is 1.85 bits per heavy atom. The molecule has 1 N–H and O–H groups in total. The maximum atomic E-state index is 13.1. The van der Waals surface area contributed by atoms with Crippen molar-refractivity contribution in [3.63, 3.8) is 0 Å². The van der Waals surface area contributed by atoms with Gasteiger partial charge in [0.25, 0.3) is 5.89 Å². The normalized spacial score (nSPS) is 15.2. The highest BCUT2D eigenvalue weighted by Crippen LogP contribution is 2.32. The van der Waals surface area contributed by atoms with Crippen LogP contribution in [0.5, 0.6) is 0 Å². The molecule has 2 aromatic carbocycles. The molecule has 33 heavy (non-hydrogen) atoms. The summed E-state index contributed by atoms with van der Waals surface area (Å²) < 4.78 is 24.5. The van der Waals surface area contributed by atoms with Crippen molar-refractivity contribution in [1.82, 2.24) is 20.4 Å². The van der Waals surface area contributed by atoms with Crippen molar-refractivity contribution in [3.8, 4) is 11.7 Å². The summed E-state index contributed by atoms with van der Waals surface area (Å²) in [7, 11) is 0. The van der Waals surface area contributed by atoms with Crippen LogP contribution < -0.4 is 5.32 Å². The summed E-state index contributed by atoms with van der Waals surface area (Å²) in [4.78, 5) is 14.9. The van der Waals surface area contributed by atoms with Gasteiger partial charge in [-0.25, -0.2) is 4.39 Å². The number of para-hydroxylation sites is 1. The van der Waals surface area contributed by atoms with Gasteiger partial charge in [0.1, 0.15) is 11.4 Å². The van der Waals surface area contributed by atoms with Gasteiger partial charge in [-0.15, -0.1) is 10.2 Å². The Kier molecular flexibility index (Phi) is 5.92. The van der Waals surface area contributed by atoms with Crippen LogP contribution in [0.1, 0.15) is 34.7 Å². The number of aryl methyl sites for hydroxylation is 1. The Labute approximate surface area is 190 Å². The molecule has 0 atom stereocenters. The molecule has 1 aliphatic rings. The number of carbonyl (C=O) groups excluding carboxylic acids is 1. The van der Waals surface area contributed by atoms with Crippen molar-refractivity contribution in [2.75, 3.05) is 19.6 Å². The molecule has 4 aromatic rings. The summed E-state index contributed by atoms with van der Waals surface area (Å²) in [6.45, 7) is 5.17. The van der Waals surface area contributed by atoms with Crippen LogP contribution in [-0.4, -0.2) is 40.6 Å². The molecule has 0 radical (unpaired) electrons. The second kappa shape index (κ2) is 9.15. The lowest BCUT2D eigenvalue weighted by Crippen LogP contribution is -2.38. The smallest absolute Gasteiger partial charge is 0.308 e. The molecule has 8 heteroatoms. The molecule has 1 amide bonds. The molecule has 2 aromatic heterocycles. The Hall–Kier alpha value is -3.52. The molecule has 1 fully saturated rings. The number of nitrogens with one attached hydrogen (secondary N) is 1. The predicted octanol–water partition coefficient (Wildman–Crippen LogP) is 4.57. The van der Waals surface area contributed by atoms with Gasteiger partial charge in [-0.1, -0.05) is 30.3 Å². The van der Waals surface area contributed by atoms with E-state index in [2.05, 4.69) is 20.4 Å². The largest absolute Gasteiger partial charge is 0.451 e. The quantitative estimate of drug-likeness (QED) is 0.465. The SMILES string of the molecule is Cc1c(-c2nnc(C(=O)NCC3CCN(Cc4ccc(F)cc4)CC3)o2)oc2ccccc12. The second-order valence-corrected chi connectivity index (χ2v) is 8.52. The number of furan rings is 1. The minimum absolute atomic E-state index is 0.0707. The zero-order valence-electron chi connectivity index (χ0n) is 18.4. The van der Waals surface area contributed by atoms with Crippen LogP contribution in [0, 0.1) is 18.7 Å². The zero-order valence-corrected chi connectivity index (χ0v) is 18.4. The first-order chi connectivity index (χ1) is 16.1. The summed E-state index contributed by atoms with van der Waals surface area (Å²) in [6.07, 6.45) is 1.96. The first kappa shape index (κ1) is 21.3. The fourth-order valence-corrected chi connectivity index (χ4v) is 4.29. The van der Waals surface area contributed by atoms with Gasteiger partial charge in [-0.3, -0.25) is 9.69 Å². The molecule has 0 unspecified atom stereocenters. The molecule has 5 rings (SSSR count). The molecule has 0 aliphatic carbocycles.